The highest BCUT2D eigenvalue weighted by atomic mass is 32.2. The van der Waals surface area contributed by atoms with Crippen molar-refractivity contribution in [2.24, 2.45) is 0 Å². The van der Waals surface area contributed by atoms with Crippen molar-refractivity contribution in [2.45, 2.75) is 11.9 Å². The fourth-order valence-corrected chi connectivity index (χ4v) is 3.07. The number of nitrogens with one attached hydrogen (secondary N) is 1. The average Bonchev–Trinajstić information content (AvgIpc) is 2.67. The summed E-state index contributed by atoms with van der Waals surface area (Å²) in [5, 5.41) is 21.1. The number of rotatable bonds is 6. The molecule has 0 atom stereocenters. The van der Waals surface area contributed by atoms with Crippen LogP contribution in [-0.2, 0) is 9.59 Å². The monoisotopic (exact) mass is 394 g/mol. The highest BCUT2D eigenvalue weighted by molar-refractivity contribution is 8.00. The van der Waals surface area contributed by atoms with Gasteiger partial charge in [-0.05, 0) is 25.1 Å². The van der Waals surface area contributed by atoms with Gasteiger partial charge in [0.25, 0.3) is 0 Å². The van der Waals surface area contributed by atoms with E-state index in [2.05, 4.69) is 10.3 Å². The highest BCUT2D eigenvalue weighted by Gasteiger charge is 2.16. The number of hydrogen-bond acceptors (Lipinski definition) is 7. The van der Waals surface area contributed by atoms with Crippen LogP contribution in [0.15, 0.2) is 35.4 Å². The number of benzene rings is 1. The van der Waals surface area contributed by atoms with Crippen molar-refractivity contribution < 1.29 is 9.59 Å². The second-order valence-electron chi connectivity index (χ2n) is 5.95. The molecule has 0 aliphatic rings. The van der Waals surface area contributed by atoms with Gasteiger partial charge in [0.15, 0.2) is 0 Å². The number of aryl methyl sites for hydroxylation is 1. The Bertz CT molecular complexity index is 976. The van der Waals surface area contributed by atoms with E-state index >= 15 is 0 Å². The molecule has 8 nitrogen and oxygen atoms in total. The van der Waals surface area contributed by atoms with Gasteiger partial charge >= 0.3 is 0 Å². The molecule has 0 saturated carbocycles. The maximum atomic E-state index is 12.3. The number of likely N-dealkylation sites (N-methyl/N-ethyl adjacent to an activating group) is 1. The summed E-state index contributed by atoms with van der Waals surface area (Å²) >= 11 is 1.03. The number of anilines is 2. The van der Waals surface area contributed by atoms with E-state index in [9.17, 15) is 14.9 Å². The first-order valence-electron chi connectivity index (χ1n) is 8.18. The van der Waals surface area contributed by atoms with Crippen molar-refractivity contribution in [1.29, 1.82) is 10.5 Å². The fraction of sp³-hybridized carbons (Fsp3) is 0.211. The number of carbonyl (C=O) groups is 2. The van der Waals surface area contributed by atoms with Crippen LogP contribution < -0.4 is 11.1 Å². The lowest BCUT2D eigenvalue weighted by molar-refractivity contribution is -0.131. The van der Waals surface area contributed by atoms with Crippen molar-refractivity contribution in [2.75, 3.05) is 30.4 Å². The van der Waals surface area contributed by atoms with Gasteiger partial charge in [0.1, 0.15) is 23.0 Å². The molecule has 0 saturated heterocycles. The molecule has 2 rings (SSSR count). The highest BCUT2D eigenvalue weighted by Crippen LogP contribution is 2.24. The van der Waals surface area contributed by atoms with Crippen LogP contribution in [0.5, 0.6) is 0 Å². The van der Waals surface area contributed by atoms with E-state index < -0.39 is 0 Å². The minimum absolute atomic E-state index is 0.00211. The van der Waals surface area contributed by atoms with E-state index in [4.69, 9.17) is 11.0 Å². The molecule has 2 aromatic rings. The number of aromatic nitrogens is 1. The molecule has 1 aromatic carbocycles. The number of nitrogens with zero attached hydrogens (tertiary/aromatic N) is 4. The normalized spacial score (nSPS) is 9.86. The van der Waals surface area contributed by atoms with E-state index in [1.165, 1.54) is 18.0 Å². The Morgan fingerprint density at radius 3 is 2.46 bits per heavy atom. The van der Waals surface area contributed by atoms with Crippen LogP contribution in [0.4, 0.5) is 11.5 Å². The van der Waals surface area contributed by atoms with Crippen molar-refractivity contribution in [3.63, 3.8) is 0 Å². The largest absolute Gasteiger partial charge is 0.383 e. The van der Waals surface area contributed by atoms with Gasteiger partial charge in [-0.25, -0.2) is 4.98 Å². The van der Waals surface area contributed by atoms with E-state index in [1.807, 2.05) is 31.2 Å². The van der Waals surface area contributed by atoms with Crippen molar-refractivity contribution in [3.8, 4) is 12.1 Å². The number of nitrogens with two attached hydrogens (primary N) is 1. The number of hydrogen-bond donors (Lipinski definition) is 2. The molecule has 28 heavy (non-hydrogen) atoms. The van der Waals surface area contributed by atoms with Crippen LogP contribution >= 0.6 is 11.8 Å². The van der Waals surface area contributed by atoms with Gasteiger partial charge in [-0.3, -0.25) is 9.59 Å². The number of carbonyl (C=O) groups excluding carboxylic acids is 2. The maximum Gasteiger partial charge on any atom is 0.243 e. The molecule has 0 spiro atoms. The third-order valence-electron chi connectivity index (χ3n) is 3.73. The average molecular weight is 394 g/mol. The number of nitrogen functional groups attached to an aromatic ring is 1. The summed E-state index contributed by atoms with van der Waals surface area (Å²) in [7, 11) is 1.52. The van der Waals surface area contributed by atoms with Crippen molar-refractivity contribution in [1.82, 2.24) is 9.88 Å². The Balaban J connectivity index is 1.93. The zero-order valence-corrected chi connectivity index (χ0v) is 16.2. The third-order valence-corrected chi connectivity index (χ3v) is 4.71. The van der Waals surface area contributed by atoms with Gasteiger partial charge in [-0.2, -0.15) is 10.5 Å². The summed E-state index contributed by atoms with van der Waals surface area (Å²) in [6.45, 7) is 1.84. The van der Waals surface area contributed by atoms with Gasteiger partial charge in [0.05, 0.1) is 23.4 Å². The Hall–Kier alpha value is -3.56. The molecule has 0 radical (unpaired) electrons. The lowest BCUT2D eigenvalue weighted by Crippen LogP contribution is -2.36. The molecule has 0 fully saturated rings. The number of nitriles is 2. The molecular weight excluding hydrogens is 376 g/mol. The molecule has 1 heterocycles. The van der Waals surface area contributed by atoms with Crippen LogP contribution in [0.2, 0.25) is 0 Å². The third kappa shape index (κ3) is 5.47. The van der Waals surface area contributed by atoms with Gasteiger partial charge in [0.2, 0.25) is 11.8 Å². The zero-order valence-electron chi connectivity index (χ0n) is 15.4. The minimum Gasteiger partial charge on any atom is -0.383 e. The molecule has 0 aliphatic heterocycles. The molecular formula is C19H18N6O2S. The summed E-state index contributed by atoms with van der Waals surface area (Å²) in [4.78, 5) is 29.7. The molecule has 0 aliphatic carbocycles. The number of amides is 2. The SMILES string of the molecule is Cc1ccc(NC(=O)CN(C)C(=O)CSc2nc(N)c(C#N)cc2C#N)cc1. The first-order valence-corrected chi connectivity index (χ1v) is 9.16. The minimum atomic E-state index is -0.317. The first kappa shape index (κ1) is 20.7. The lowest BCUT2D eigenvalue weighted by Gasteiger charge is -2.17. The summed E-state index contributed by atoms with van der Waals surface area (Å²) < 4.78 is 0. The molecule has 1 aromatic heterocycles. The van der Waals surface area contributed by atoms with Crippen LogP contribution in [-0.4, -0.2) is 41.0 Å². The summed E-state index contributed by atoms with van der Waals surface area (Å²) in [6, 6.07) is 12.5. The van der Waals surface area contributed by atoms with Crippen LogP contribution in [0.25, 0.3) is 0 Å². The second kappa shape index (κ2) is 9.40. The predicted octanol–water partition coefficient (Wildman–Crippen LogP) is 1.90. The van der Waals surface area contributed by atoms with E-state index in [0.717, 1.165) is 17.3 Å². The summed E-state index contributed by atoms with van der Waals surface area (Å²) in [5.41, 5.74) is 7.68. The second-order valence-corrected chi connectivity index (χ2v) is 6.91. The fourth-order valence-electron chi connectivity index (χ4n) is 2.17. The molecule has 142 valence electrons. The smallest absolute Gasteiger partial charge is 0.243 e. The first-order chi connectivity index (χ1) is 13.3. The Kier molecular flexibility index (Phi) is 6.96. The maximum absolute atomic E-state index is 12.3. The summed E-state index contributed by atoms with van der Waals surface area (Å²) in [5.74, 6) is -0.649. The lowest BCUT2D eigenvalue weighted by atomic mass is 10.2. The Morgan fingerprint density at radius 1 is 1.21 bits per heavy atom. The molecule has 0 bridgehead atoms. The zero-order chi connectivity index (χ0) is 20.7. The van der Waals surface area contributed by atoms with Gasteiger partial charge in [-0.1, -0.05) is 29.5 Å². The topological polar surface area (TPSA) is 136 Å². The quantitative estimate of drug-likeness (QED) is 0.714. The standard InChI is InChI=1S/C19H18N6O2S/c1-12-3-5-15(6-4-12)23-16(26)10-25(2)17(27)11-28-19-14(9-21)7-13(8-20)18(22)24-19/h3-7H,10-11H2,1-2H3,(H2,22,24)(H,23,26). The van der Waals surface area contributed by atoms with E-state index in [0.29, 0.717) is 5.69 Å². The predicted molar refractivity (Wildman–Crippen MR) is 106 cm³/mol. The van der Waals surface area contributed by atoms with Gasteiger partial charge < -0.3 is 16.0 Å². The van der Waals surface area contributed by atoms with Gasteiger partial charge in [0, 0.05) is 12.7 Å². The Labute approximate surface area is 167 Å². The number of thioether (sulfide) groups is 1. The van der Waals surface area contributed by atoms with Crippen LogP contribution in [0.1, 0.15) is 16.7 Å². The van der Waals surface area contributed by atoms with Crippen LogP contribution in [0.3, 0.4) is 0 Å². The molecule has 9 heteroatoms. The molecule has 3 N–H and O–H groups in total. The molecule has 0 unspecified atom stereocenters. The Morgan fingerprint density at radius 2 is 1.86 bits per heavy atom. The van der Waals surface area contributed by atoms with Crippen LogP contribution in [0, 0.1) is 29.6 Å². The molecule has 2 amide bonds. The van der Waals surface area contributed by atoms with E-state index in [1.54, 1.807) is 12.1 Å². The van der Waals surface area contributed by atoms with Gasteiger partial charge in [-0.15, -0.1) is 0 Å². The van der Waals surface area contributed by atoms with E-state index in [-0.39, 0.29) is 46.1 Å². The summed E-state index contributed by atoms with van der Waals surface area (Å²) in [6.07, 6.45) is 0. The van der Waals surface area contributed by atoms with Crippen molar-refractivity contribution >= 4 is 35.1 Å². The van der Waals surface area contributed by atoms with Crippen molar-refractivity contribution in [3.05, 3.63) is 47.0 Å². The number of pyridine rings is 1.